The summed E-state index contributed by atoms with van der Waals surface area (Å²) < 4.78 is 26.2. The summed E-state index contributed by atoms with van der Waals surface area (Å²) >= 11 is 9.34. The van der Waals surface area contributed by atoms with Crippen molar-refractivity contribution in [3.05, 3.63) is 51.5 Å². The Labute approximate surface area is 170 Å². The lowest BCUT2D eigenvalue weighted by molar-refractivity contribution is -0.114. The number of nitrogens with zero attached hydrogens (tertiary/aromatic N) is 1. The smallest absolute Gasteiger partial charge is 0.255 e. The average molecular weight is 475 g/mol. The molecule has 10 heteroatoms. The summed E-state index contributed by atoms with van der Waals surface area (Å²) in [5.74, 6) is -0.765. The third-order valence-corrected chi connectivity index (χ3v) is 6.61. The predicted molar refractivity (Wildman–Crippen MR) is 109 cm³/mol. The van der Waals surface area contributed by atoms with Crippen LogP contribution in [-0.2, 0) is 14.8 Å². The van der Waals surface area contributed by atoms with Crippen LogP contribution in [0, 0.1) is 0 Å². The largest absolute Gasteiger partial charge is 0.326 e. The second kappa shape index (κ2) is 8.39. The molecule has 0 aliphatic heterocycles. The van der Waals surface area contributed by atoms with E-state index in [0.29, 0.717) is 15.8 Å². The standard InChI is InChI=1S/C17H17BrClN3O4S/c1-10(23)20-12-5-7-15(14(19)9-12)21-17(24)11-4-6-13(18)16(8-11)27(25,26)22(2)3/h4-9H,1-3H3,(H,20,23)(H,21,24). The third kappa shape index (κ3) is 5.07. The molecule has 0 heterocycles. The van der Waals surface area contributed by atoms with Crippen LogP contribution in [0.25, 0.3) is 0 Å². The van der Waals surface area contributed by atoms with Crippen molar-refractivity contribution < 1.29 is 18.0 Å². The van der Waals surface area contributed by atoms with E-state index >= 15 is 0 Å². The second-order valence-electron chi connectivity index (χ2n) is 5.76. The van der Waals surface area contributed by atoms with Gasteiger partial charge in [-0.2, -0.15) is 0 Å². The fourth-order valence-corrected chi connectivity index (χ4v) is 4.20. The van der Waals surface area contributed by atoms with Gasteiger partial charge in [-0.1, -0.05) is 11.6 Å². The Balaban J connectivity index is 2.30. The van der Waals surface area contributed by atoms with Crippen LogP contribution in [0.2, 0.25) is 5.02 Å². The zero-order chi connectivity index (χ0) is 20.4. The molecule has 2 aromatic rings. The number of rotatable bonds is 5. The van der Waals surface area contributed by atoms with E-state index in [1.807, 2.05) is 0 Å². The molecule has 7 nitrogen and oxygen atoms in total. The summed E-state index contributed by atoms with van der Waals surface area (Å²) in [4.78, 5) is 23.6. The Hall–Kier alpha value is -1.94. The number of sulfonamides is 1. The zero-order valence-corrected chi connectivity index (χ0v) is 17.9. The first kappa shape index (κ1) is 21.4. The maximum Gasteiger partial charge on any atom is 0.255 e. The first-order chi connectivity index (χ1) is 12.5. The molecule has 2 amide bonds. The highest BCUT2D eigenvalue weighted by Gasteiger charge is 2.22. The molecule has 27 heavy (non-hydrogen) atoms. The summed E-state index contributed by atoms with van der Waals surface area (Å²) in [6, 6.07) is 8.91. The summed E-state index contributed by atoms with van der Waals surface area (Å²) in [7, 11) is -0.906. The third-order valence-electron chi connectivity index (χ3n) is 3.49. The van der Waals surface area contributed by atoms with E-state index in [2.05, 4.69) is 26.6 Å². The van der Waals surface area contributed by atoms with Gasteiger partial charge in [-0.25, -0.2) is 12.7 Å². The van der Waals surface area contributed by atoms with Gasteiger partial charge in [0.1, 0.15) is 0 Å². The topological polar surface area (TPSA) is 95.6 Å². The highest BCUT2D eigenvalue weighted by Crippen LogP contribution is 2.28. The molecule has 2 aromatic carbocycles. The van der Waals surface area contributed by atoms with Gasteiger partial charge in [-0.3, -0.25) is 9.59 Å². The SMILES string of the molecule is CC(=O)Nc1ccc(NC(=O)c2ccc(Br)c(S(=O)(=O)N(C)C)c2)c(Cl)c1. The van der Waals surface area contributed by atoms with Crippen molar-refractivity contribution in [2.45, 2.75) is 11.8 Å². The maximum atomic E-state index is 12.5. The van der Waals surface area contributed by atoms with Crippen LogP contribution in [0.15, 0.2) is 45.8 Å². The van der Waals surface area contributed by atoms with Gasteiger partial charge in [0.15, 0.2) is 0 Å². The first-order valence-electron chi connectivity index (χ1n) is 7.63. The van der Waals surface area contributed by atoms with Gasteiger partial charge >= 0.3 is 0 Å². The highest BCUT2D eigenvalue weighted by atomic mass is 79.9. The van der Waals surface area contributed by atoms with Crippen LogP contribution in [0.4, 0.5) is 11.4 Å². The van der Waals surface area contributed by atoms with Crippen molar-refractivity contribution >= 4 is 60.7 Å². The van der Waals surface area contributed by atoms with Crippen LogP contribution in [0.5, 0.6) is 0 Å². The van der Waals surface area contributed by atoms with E-state index in [1.54, 1.807) is 12.1 Å². The van der Waals surface area contributed by atoms with E-state index in [4.69, 9.17) is 11.6 Å². The van der Waals surface area contributed by atoms with Gasteiger partial charge < -0.3 is 10.6 Å². The van der Waals surface area contributed by atoms with Crippen LogP contribution in [0.1, 0.15) is 17.3 Å². The quantitative estimate of drug-likeness (QED) is 0.692. The molecule has 0 bridgehead atoms. The molecule has 0 aromatic heterocycles. The van der Waals surface area contributed by atoms with Gasteiger partial charge in [0.05, 0.1) is 15.6 Å². The molecule has 0 saturated heterocycles. The molecule has 0 fully saturated rings. The van der Waals surface area contributed by atoms with E-state index in [9.17, 15) is 18.0 Å². The fraction of sp³-hybridized carbons (Fsp3) is 0.176. The molecule has 0 saturated carbocycles. The lowest BCUT2D eigenvalue weighted by atomic mass is 10.2. The number of carbonyl (C=O) groups is 2. The van der Waals surface area contributed by atoms with Crippen molar-refractivity contribution in [1.29, 1.82) is 0 Å². The summed E-state index contributed by atoms with van der Waals surface area (Å²) in [5.41, 5.74) is 0.977. The number of anilines is 2. The molecule has 2 N–H and O–H groups in total. The van der Waals surface area contributed by atoms with Crippen molar-refractivity contribution in [3.8, 4) is 0 Å². The highest BCUT2D eigenvalue weighted by molar-refractivity contribution is 9.10. The summed E-state index contributed by atoms with van der Waals surface area (Å²) in [6.45, 7) is 1.37. The molecular weight excluding hydrogens is 458 g/mol. The molecule has 0 radical (unpaired) electrons. The Kier molecular flexibility index (Phi) is 6.63. The zero-order valence-electron chi connectivity index (χ0n) is 14.7. The van der Waals surface area contributed by atoms with Gasteiger partial charge in [-0.05, 0) is 52.3 Å². The first-order valence-corrected chi connectivity index (χ1v) is 10.2. The maximum absolute atomic E-state index is 12.5. The van der Waals surface area contributed by atoms with Crippen molar-refractivity contribution in [2.24, 2.45) is 0 Å². The number of benzene rings is 2. The molecular formula is C17H17BrClN3O4S. The van der Waals surface area contributed by atoms with Gasteiger partial charge in [0.2, 0.25) is 15.9 Å². The monoisotopic (exact) mass is 473 g/mol. The Morgan fingerprint density at radius 3 is 2.30 bits per heavy atom. The van der Waals surface area contributed by atoms with Crippen LogP contribution in [0.3, 0.4) is 0 Å². The van der Waals surface area contributed by atoms with Crippen LogP contribution >= 0.6 is 27.5 Å². The minimum atomic E-state index is -3.72. The van der Waals surface area contributed by atoms with Gasteiger partial charge in [0, 0.05) is 36.7 Å². The minimum Gasteiger partial charge on any atom is -0.326 e. The summed E-state index contributed by atoms with van der Waals surface area (Å²) in [6.07, 6.45) is 0. The number of hydrogen-bond donors (Lipinski definition) is 2. The number of amides is 2. The molecule has 0 unspecified atom stereocenters. The van der Waals surface area contributed by atoms with Crippen molar-refractivity contribution in [3.63, 3.8) is 0 Å². The molecule has 144 valence electrons. The van der Waals surface area contributed by atoms with E-state index in [-0.39, 0.29) is 21.4 Å². The van der Waals surface area contributed by atoms with Crippen molar-refractivity contribution in [2.75, 3.05) is 24.7 Å². The molecule has 0 atom stereocenters. The minimum absolute atomic E-state index is 0.0211. The lowest BCUT2D eigenvalue weighted by Crippen LogP contribution is -2.23. The fourth-order valence-electron chi connectivity index (χ4n) is 2.13. The Morgan fingerprint density at radius 1 is 1.07 bits per heavy atom. The number of nitrogens with one attached hydrogen (secondary N) is 2. The van der Waals surface area contributed by atoms with Gasteiger partial charge in [0.25, 0.3) is 5.91 Å². The van der Waals surface area contributed by atoms with Gasteiger partial charge in [-0.15, -0.1) is 0 Å². The number of halogens is 2. The molecule has 2 rings (SSSR count). The normalized spacial score (nSPS) is 11.3. The van der Waals surface area contributed by atoms with Crippen LogP contribution in [-0.4, -0.2) is 38.6 Å². The number of hydrogen-bond acceptors (Lipinski definition) is 4. The Morgan fingerprint density at radius 2 is 1.74 bits per heavy atom. The molecule has 0 spiro atoms. The molecule has 0 aliphatic rings. The number of carbonyl (C=O) groups excluding carboxylic acids is 2. The van der Waals surface area contributed by atoms with E-state index in [1.165, 1.54) is 45.3 Å². The van der Waals surface area contributed by atoms with E-state index in [0.717, 1.165) is 4.31 Å². The van der Waals surface area contributed by atoms with Crippen molar-refractivity contribution in [1.82, 2.24) is 4.31 Å². The van der Waals surface area contributed by atoms with Crippen LogP contribution < -0.4 is 10.6 Å². The summed E-state index contributed by atoms with van der Waals surface area (Å²) in [5, 5.41) is 5.44. The van der Waals surface area contributed by atoms with E-state index < -0.39 is 15.9 Å². The second-order valence-corrected chi connectivity index (χ2v) is 9.14. The molecule has 0 aliphatic carbocycles. The average Bonchev–Trinajstić information content (AvgIpc) is 2.56. The Bertz CT molecular complexity index is 1010. The predicted octanol–water partition coefficient (Wildman–Crippen LogP) is 3.56. The lowest BCUT2D eigenvalue weighted by Gasteiger charge is -2.14.